The van der Waals surface area contributed by atoms with E-state index in [1.54, 1.807) is 25.3 Å². The Morgan fingerprint density at radius 1 is 1.09 bits per heavy atom. The lowest BCUT2D eigenvalue weighted by atomic mass is 9.95. The molecule has 170 valence electrons. The molecule has 33 heavy (non-hydrogen) atoms. The Morgan fingerprint density at radius 3 is 2.45 bits per heavy atom. The Balaban J connectivity index is 1.67. The molecule has 1 N–H and O–H groups in total. The van der Waals surface area contributed by atoms with E-state index in [9.17, 15) is 19.1 Å². The SMILES string of the molecule is COc1ccc(CCN2C(=O)C(O)=C(C(=O)c3ccco3)[C@H]2c2ccc(F)cc2)cc1OC. The van der Waals surface area contributed by atoms with E-state index in [2.05, 4.69) is 0 Å². The van der Waals surface area contributed by atoms with Gasteiger partial charge < -0.3 is 23.9 Å². The van der Waals surface area contributed by atoms with Crippen LogP contribution in [0, 0.1) is 5.82 Å². The molecule has 2 heterocycles. The summed E-state index contributed by atoms with van der Waals surface area (Å²) in [6.45, 7) is 0.190. The van der Waals surface area contributed by atoms with Gasteiger partial charge in [0.2, 0.25) is 5.78 Å². The van der Waals surface area contributed by atoms with Gasteiger partial charge in [0.15, 0.2) is 23.0 Å². The van der Waals surface area contributed by atoms with Gasteiger partial charge in [-0.2, -0.15) is 0 Å². The van der Waals surface area contributed by atoms with Crippen molar-refractivity contribution in [1.29, 1.82) is 0 Å². The number of nitrogens with zero attached hydrogens (tertiary/aromatic N) is 1. The fraction of sp³-hybridized carbons (Fsp3) is 0.200. The minimum absolute atomic E-state index is 0.00166. The summed E-state index contributed by atoms with van der Waals surface area (Å²) in [7, 11) is 3.07. The van der Waals surface area contributed by atoms with Crippen molar-refractivity contribution in [2.45, 2.75) is 12.5 Å². The van der Waals surface area contributed by atoms with Crippen LogP contribution in [0.1, 0.15) is 27.7 Å². The molecule has 2 aromatic carbocycles. The fourth-order valence-corrected chi connectivity index (χ4v) is 3.93. The number of Topliss-reactive ketones (excluding diaryl/α,β-unsaturated/α-hetero) is 1. The van der Waals surface area contributed by atoms with Gasteiger partial charge in [0.05, 0.1) is 32.1 Å². The molecule has 1 atom stereocenters. The number of rotatable bonds is 8. The van der Waals surface area contributed by atoms with Crippen molar-refractivity contribution in [3.05, 3.63) is 94.9 Å². The first kappa shape index (κ1) is 22.1. The molecule has 0 bridgehead atoms. The smallest absolute Gasteiger partial charge is 0.290 e. The highest BCUT2D eigenvalue weighted by atomic mass is 19.1. The number of amides is 1. The summed E-state index contributed by atoms with van der Waals surface area (Å²) in [5.41, 5.74) is 1.26. The average Bonchev–Trinajstić information content (AvgIpc) is 3.45. The van der Waals surface area contributed by atoms with E-state index >= 15 is 0 Å². The minimum atomic E-state index is -0.893. The van der Waals surface area contributed by atoms with Gasteiger partial charge in [0.25, 0.3) is 5.91 Å². The number of benzene rings is 2. The van der Waals surface area contributed by atoms with Gasteiger partial charge in [-0.1, -0.05) is 18.2 Å². The lowest BCUT2D eigenvalue weighted by molar-refractivity contribution is -0.129. The Kier molecular flexibility index (Phi) is 6.17. The summed E-state index contributed by atoms with van der Waals surface area (Å²) < 4.78 is 29.3. The molecular weight excluding hydrogens is 429 g/mol. The first-order chi connectivity index (χ1) is 15.9. The predicted octanol–water partition coefficient (Wildman–Crippen LogP) is 4.26. The van der Waals surface area contributed by atoms with E-state index in [0.29, 0.717) is 23.5 Å². The largest absolute Gasteiger partial charge is 0.503 e. The molecule has 0 spiro atoms. The first-order valence-corrected chi connectivity index (χ1v) is 10.2. The third-order valence-electron chi connectivity index (χ3n) is 5.57. The lowest BCUT2D eigenvalue weighted by Crippen LogP contribution is -2.33. The molecule has 0 fully saturated rings. The van der Waals surface area contributed by atoms with E-state index in [0.717, 1.165) is 5.56 Å². The van der Waals surface area contributed by atoms with Crippen LogP contribution in [0.2, 0.25) is 0 Å². The molecule has 1 aromatic heterocycles. The van der Waals surface area contributed by atoms with Crippen molar-refractivity contribution < 1.29 is 33.0 Å². The van der Waals surface area contributed by atoms with Crippen LogP contribution >= 0.6 is 0 Å². The summed E-state index contributed by atoms with van der Waals surface area (Å²) >= 11 is 0. The Morgan fingerprint density at radius 2 is 1.82 bits per heavy atom. The molecule has 7 nitrogen and oxygen atoms in total. The third kappa shape index (κ3) is 4.19. The number of aliphatic hydroxyl groups excluding tert-OH is 1. The summed E-state index contributed by atoms with van der Waals surface area (Å²) in [6.07, 6.45) is 1.75. The number of carbonyl (C=O) groups is 2. The summed E-state index contributed by atoms with van der Waals surface area (Å²) in [5, 5.41) is 10.6. The van der Waals surface area contributed by atoms with Gasteiger partial charge >= 0.3 is 0 Å². The van der Waals surface area contributed by atoms with Crippen molar-refractivity contribution in [1.82, 2.24) is 4.90 Å². The van der Waals surface area contributed by atoms with Gasteiger partial charge in [-0.3, -0.25) is 9.59 Å². The quantitative estimate of drug-likeness (QED) is 0.515. The van der Waals surface area contributed by atoms with Gasteiger partial charge in [-0.15, -0.1) is 0 Å². The Hall–Kier alpha value is -4.07. The van der Waals surface area contributed by atoms with Crippen LogP contribution in [0.15, 0.2) is 76.6 Å². The molecule has 1 aliphatic rings. The monoisotopic (exact) mass is 451 g/mol. The standard InChI is InChI=1S/C25H22FNO6/c1-31-18-10-5-15(14-20(18)32-2)11-12-27-22(16-6-8-17(26)9-7-16)21(24(29)25(27)30)23(28)19-4-3-13-33-19/h3-10,13-14,22,29H,11-12H2,1-2H3/t22-/m1/s1. The second kappa shape index (κ2) is 9.20. The number of carbonyl (C=O) groups excluding carboxylic acids is 2. The van der Waals surface area contributed by atoms with E-state index in [4.69, 9.17) is 13.9 Å². The highest BCUT2D eigenvalue weighted by Gasteiger charge is 2.44. The Labute approximate surface area is 189 Å². The highest BCUT2D eigenvalue weighted by molar-refractivity contribution is 6.15. The number of ketones is 1. The number of aliphatic hydroxyl groups is 1. The van der Waals surface area contributed by atoms with Crippen molar-refractivity contribution >= 4 is 11.7 Å². The number of halogens is 1. The van der Waals surface area contributed by atoms with Crippen LogP contribution in [0.25, 0.3) is 0 Å². The summed E-state index contributed by atoms with van der Waals surface area (Å²) in [6, 6.07) is 13.0. The zero-order valence-electron chi connectivity index (χ0n) is 18.1. The van der Waals surface area contributed by atoms with E-state index < -0.39 is 29.3 Å². The van der Waals surface area contributed by atoms with Gasteiger partial charge in [0.1, 0.15) is 5.82 Å². The molecule has 0 saturated heterocycles. The maximum atomic E-state index is 13.6. The molecule has 4 rings (SSSR count). The second-order valence-electron chi connectivity index (χ2n) is 7.46. The van der Waals surface area contributed by atoms with Crippen molar-refractivity contribution in [3.63, 3.8) is 0 Å². The normalized spacial score (nSPS) is 15.8. The highest BCUT2D eigenvalue weighted by Crippen LogP contribution is 2.39. The molecule has 8 heteroatoms. The fourth-order valence-electron chi connectivity index (χ4n) is 3.93. The number of hydrogen-bond donors (Lipinski definition) is 1. The lowest BCUT2D eigenvalue weighted by Gasteiger charge is -2.27. The summed E-state index contributed by atoms with van der Waals surface area (Å²) in [4.78, 5) is 27.5. The van der Waals surface area contributed by atoms with E-state index in [1.165, 1.54) is 48.6 Å². The third-order valence-corrected chi connectivity index (χ3v) is 5.57. The Bertz CT molecular complexity index is 1200. The van der Waals surface area contributed by atoms with Crippen LogP contribution in [0.5, 0.6) is 11.5 Å². The van der Waals surface area contributed by atoms with Crippen molar-refractivity contribution in [2.24, 2.45) is 0 Å². The van der Waals surface area contributed by atoms with Crippen molar-refractivity contribution in [3.8, 4) is 11.5 Å². The van der Waals surface area contributed by atoms with Crippen LogP contribution in [-0.2, 0) is 11.2 Å². The maximum absolute atomic E-state index is 13.6. The van der Waals surface area contributed by atoms with Crippen LogP contribution < -0.4 is 9.47 Å². The van der Waals surface area contributed by atoms with Crippen LogP contribution in [0.4, 0.5) is 4.39 Å². The topological polar surface area (TPSA) is 89.2 Å². The maximum Gasteiger partial charge on any atom is 0.290 e. The van der Waals surface area contributed by atoms with Gasteiger partial charge in [-0.05, 0) is 53.9 Å². The predicted molar refractivity (Wildman–Crippen MR) is 117 cm³/mol. The minimum Gasteiger partial charge on any atom is -0.503 e. The van der Waals surface area contributed by atoms with Gasteiger partial charge in [-0.25, -0.2) is 4.39 Å². The zero-order valence-corrected chi connectivity index (χ0v) is 18.1. The number of ether oxygens (including phenoxy) is 2. The molecule has 0 saturated carbocycles. The average molecular weight is 451 g/mol. The second-order valence-corrected chi connectivity index (χ2v) is 7.46. The van der Waals surface area contributed by atoms with Crippen LogP contribution in [-0.4, -0.2) is 42.5 Å². The van der Waals surface area contributed by atoms with Gasteiger partial charge in [0, 0.05) is 6.54 Å². The molecule has 0 radical (unpaired) electrons. The number of methoxy groups -OCH3 is 2. The van der Waals surface area contributed by atoms with Crippen LogP contribution in [0.3, 0.4) is 0 Å². The molecule has 3 aromatic rings. The molecule has 1 amide bonds. The first-order valence-electron chi connectivity index (χ1n) is 10.2. The van der Waals surface area contributed by atoms with E-state index in [1.807, 2.05) is 6.07 Å². The summed E-state index contributed by atoms with van der Waals surface area (Å²) in [5.74, 6) is -1.25. The molecule has 0 aliphatic carbocycles. The number of furan rings is 1. The molecular formula is C25H22FNO6. The zero-order chi connectivity index (χ0) is 23.5. The number of hydrogen-bond acceptors (Lipinski definition) is 6. The molecule has 1 aliphatic heterocycles. The van der Waals surface area contributed by atoms with E-state index in [-0.39, 0.29) is 17.9 Å². The van der Waals surface area contributed by atoms with Crippen molar-refractivity contribution in [2.75, 3.05) is 20.8 Å². The molecule has 0 unspecified atom stereocenters.